The average molecular weight is 264 g/mol. The Morgan fingerprint density at radius 2 is 1.89 bits per heavy atom. The van der Waals surface area contributed by atoms with Crippen LogP contribution in [0.5, 0.6) is 0 Å². The lowest BCUT2D eigenvalue weighted by Gasteiger charge is -2.28. The van der Waals surface area contributed by atoms with E-state index in [1.54, 1.807) is 0 Å². The summed E-state index contributed by atoms with van der Waals surface area (Å²) >= 11 is 0. The molecule has 5 heteroatoms. The summed E-state index contributed by atoms with van der Waals surface area (Å²) in [5.74, 6) is 1.90. The molecule has 0 aromatic carbocycles. The lowest BCUT2D eigenvalue weighted by molar-refractivity contribution is 0.0685. The van der Waals surface area contributed by atoms with Crippen LogP contribution in [0.15, 0.2) is 6.33 Å². The fourth-order valence-corrected chi connectivity index (χ4v) is 3.33. The van der Waals surface area contributed by atoms with Crippen LogP contribution in [0.2, 0.25) is 0 Å². The topological polar surface area (TPSA) is 66.0 Å². The fraction of sp³-hybridized carbons (Fsp3) is 0.857. The Bertz CT molecular complexity index is 392. The highest BCUT2D eigenvalue weighted by Gasteiger charge is 2.23. The molecule has 5 nitrogen and oxygen atoms in total. The molecule has 0 bridgehead atoms. The van der Waals surface area contributed by atoms with Gasteiger partial charge in [-0.15, -0.1) is 10.2 Å². The number of nitrogens with two attached hydrogens (primary N) is 1. The molecule has 3 rings (SSSR count). The van der Waals surface area contributed by atoms with Crippen LogP contribution < -0.4 is 5.73 Å². The third-order valence-electron chi connectivity index (χ3n) is 4.59. The van der Waals surface area contributed by atoms with Gasteiger partial charge in [0, 0.05) is 31.7 Å². The normalized spacial score (nSPS) is 29.5. The summed E-state index contributed by atoms with van der Waals surface area (Å²) in [4.78, 5) is 0. The number of rotatable bonds is 3. The molecular formula is C14H24N4O. The van der Waals surface area contributed by atoms with Crippen LogP contribution in [0.1, 0.15) is 50.4 Å². The zero-order valence-electron chi connectivity index (χ0n) is 11.5. The first-order chi connectivity index (χ1) is 9.33. The summed E-state index contributed by atoms with van der Waals surface area (Å²) in [6.07, 6.45) is 9.93. The smallest absolute Gasteiger partial charge is 0.133 e. The van der Waals surface area contributed by atoms with Gasteiger partial charge in [-0.2, -0.15) is 0 Å². The SMILES string of the molecule is NC1CCC(Cc2nncn2C2CCOCC2)CC1. The van der Waals surface area contributed by atoms with Gasteiger partial charge in [-0.05, 0) is 44.4 Å². The minimum absolute atomic E-state index is 0.421. The van der Waals surface area contributed by atoms with Gasteiger partial charge in [0.2, 0.25) is 0 Å². The summed E-state index contributed by atoms with van der Waals surface area (Å²) in [6.45, 7) is 1.72. The van der Waals surface area contributed by atoms with Crippen LogP contribution in [0.4, 0.5) is 0 Å². The van der Waals surface area contributed by atoms with Crippen molar-refractivity contribution >= 4 is 0 Å². The number of nitrogens with zero attached hydrogens (tertiary/aromatic N) is 3. The largest absolute Gasteiger partial charge is 0.381 e. The van der Waals surface area contributed by atoms with Gasteiger partial charge in [0.05, 0.1) is 0 Å². The lowest BCUT2D eigenvalue weighted by atomic mass is 9.84. The minimum atomic E-state index is 0.421. The number of hydrogen-bond donors (Lipinski definition) is 1. The van der Waals surface area contributed by atoms with Gasteiger partial charge in [-0.1, -0.05) is 0 Å². The molecule has 1 aliphatic heterocycles. The van der Waals surface area contributed by atoms with E-state index < -0.39 is 0 Å². The number of ether oxygens (including phenoxy) is 1. The van der Waals surface area contributed by atoms with Crippen molar-refractivity contribution in [1.82, 2.24) is 14.8 Å². The molecule has 1 aromatic rings. The molecule has 0 radical (unpaired) electrons. The Labute approximate surface area is 114 Å². The van der Waals surface area contributed by atoms with Gasteiger partial charge in [0.1, 0.15) is 12.2 Å². The van der Waals surface area contributed by atoms with Crippen LogP contribution >= 0.6 is 0 Å². The first kappa shape index (κ1) is 13.1. The molecule has 2 aliphatic rings. The van der Waals surface area contributed by atoms with Crippen molar-refractivity contribution < 1.29 is 4.74 Å². The number of hydrogen-bond acceptors (Lipinski definition) is 4. The summed E-state index contributed by atoms with van der Waals surface area (Å²) in [5, 5.41) is 8.47. The highest BCUT2D eigenvalue weighted by atomic mass is 16.5. The maximum absolute atomic E-state index is 5.97. The molecule has 19 heavy (non-hydrogen) atoms. The zero-order chi connectivity index (χ0) is 13.1. The van der Waals surface area contributed by atoms with Crippen LogP contribution in [-0.2, 0) is 11.2 Å². The molecule has 0 spiro atoms. The Kier molecular flexibility index (Phi) is 4.13. The molecular weight excluding hydrogens is 240 g/mol. The van der Waals surface area contributed by atoms with Crippen molar-refractivity contribution in [2.24, 2.45) is 11.7 Å². The predicted molar refractivity (Wildman–Crippen MR) is 72.7 cm³/mol. The second-order valence-corrected chi connectivity index (χ2v) is 5.98. The number of aromatic nitrogens is 3. The van der Waals surface area contributed by atoms with Crippen LogP contribution in [-0.4, -0.2) is 34.0 Å². The van der Waals surface area contributed by atoms with Gasteiger partial charge in [-0.3, -0.25) is 0 Å². The molecule has 1 aliphatic carbocycles. The van der Waals surface area contributed by atoms with Crippen molar-refractivity contribution in [2.45, 2.75) is 57.0 Å². The molecule has 1 aromatic heterocycles. The molecule has 0 atom stereocenters. The standard InChI is InChI=1S/C14H24N4O/c15-12-3-1-11(2-4-12)9-14-17-16-10-18(14)13-5-7-19-8-6-13/h10-13H,1-9,15H2. The molecule has 0 amide bonds. The van der Waals surface area contributed by atoms with Gasteiger partial charge >= 0.3 is 0 Å². The van der Waals surface area contributed by atoms with Crippen LogP contribution in [0, 0.1) is 5.92 Å². The van der Waals surface area contributed by atoms with Gasteiger partial charge in [0.15, 0.2) is 0 Å². The Morgan fingerprint density at radius 3 is 2.63 bits per heavy atom. The molecule has 1 saturated heterocycles. The Morgan fingerprint density at radius 1 is 1.16 bits per heavy atom. The average Bonchev–Trinajstić information content (AvgIpc) is 2.90. The zero-order valence-corrected chi connectivity index (χ0v) is 11.5. The van der Waals surface area contributed by atoms with E-state index in [2.05, 4.69) is 14.8 Å². The lowest BCUT2D eigenvalue weighted by Crippen LogP contribution is -2.28. The molecule has 2 heterocycles. The summed E-state index contributed by atoms with van der Waals surface area (Å²) < 4.78 is 7.72. The quantitative estimate of drug-likeness (QED) is 0.902. The van der Waals surface area contributed by atoms with Crippen molar-refractivity contribution in [3.8, 4) is 0 Å². The predicted octanol–water partition coefficient (Wildman–Crippen LogP) is 1.69. The molecule has 106 valence electrons. The maximum Gasteiger partial charge on any atom is 0.133 e. The Hall–Kier alpha value is -0.940. The first-order valence-electron chi connectivity index (χ1n) is 7.54. The van der Waals surface area contributed by atoms with E-state index >= 15 is 0 Å². The van der Waals surface area contributed by atoms with E-state index in [1.165, 1.54) is 12.8 Å². The second-order valence-electron chi connectivity index (χ2n) is 5.98. The highest BCUT2D eigenvalue weighted by molar-refractivity contribution is 4.93. The van der Waals surface area contributed by atoms with E-state index in [0.717, 1.165) is 57.1 Å². The van der Waals surface area contributed by atoms with Crippen molar-refractivity contribution in [1.29, 1.82) is 0 Å². The van der Waals surface area contributed by atoms with Crippen LogP contribution in [0.25, 0.3) is 0 Å². The van der Waals surface area contributed by atoms with Crippen molar-refractivity contribution in [2.75, 3.05) is 13.2 Å². The van der Waals surface area contributed by atoms with Crippen molar-refractivity contribution in [3.63, 3.8) is 0 Å². The Balaban J connectivity index is 1.63. The second kappa shape index (κ2) is 6.01. The summed E-state index contributed by atoms with van der Waals surface area (Å²) in [7, 11) is 0. The van der Waals surface area contributed by atoms with E-state index in [-0.39, 0.29) is 0 Å². The molecule has 0 unspecified atom stereocenters. The fourth-order valence-electron chi connectivity index (χ4n) is 3.33. The van der Waals surface area contributed by atoms with E-state index in [1.807, 2.05) is 6.33 Å². The van der Waals surface area contributed by atoms with E-state index in [0.29, 0.717) is 12.1 Å². The van der Waals surface area contributed by atoms with Gasteiger partial charge in [-0.25, -0.2) is 0 Å². The van der Waals surface area contributed by atoms with Crippen LogP contribution in [0.3, 0.4) is 0 Å². The van der Waals surface area contributed by atoms with E-state index in [9.17, 15) is 0 Å². The third kappa shape index (κ3) is 3.15. The minimum Gasteiger partial charge on any atom is -0.381 e. The summed E-state index contributed by atoms with van der Waals surface area (Å²) in [5.41, 5.74) is 5.97. The highest BCUT2D eigenvalue weighted by Crippen LogP contribution is 2.28. The molecule has 2 N–H and O–H groups in total. The third-order valence-corrected chi connectivity index (χ3v) is 4.59. The summed E-state index contributed by atoms with van der Waals surface area (Å²) in [6, 6.07) is 0.953. The first-order valence-corrected chi connectivity index (χ1v) is 7.54. The van der Waals surface area contributed by atoms with E-state index in [4.69, 9.17) is 10.5 Å². The molecule has 2 fully saturated rings. The molecule has 1 saturated carbocycles. The van der Waals surface area contributed by atoms with Gasteiger partial charge in [0.25, 0.3) is 0 Å². The van der Waals surface area contributed by atoms with Crippen molar-refractivity contribution in [3.05, 3.63) is 12.2 Å². The maximum atomic E-state index is 5.97. The monoisotopic (exact) mass is 264 g/mol. The van der Waals surface area contributed by atoms with Gasteiger partial charge < -0.3 is 15.0 Å².